The second-order valence-corrected chi connectivity index (χ2v) is 22.4. The van der Waals surface area contributed by atoms with Gasteiger partial charge in [0.15, 0.2) is 0 Å². The maximum atomic E-state index is 3.83. The Bertz CT molecular complexity index is 246. The highest BCUT2D eigenvalue weighted by atomic mass is 28.4. The Kier molecular flexibility index (Phi) is 9.81. The zero-order chi connectivity index (χ0) is 16.6. The average molecular weight is 349 g/mol. The van der Waals surface area contributed by atoms with E-state index in [0.29, 0.717) is 0 Å². The molecule has 0 fully saturated rings. The topological polar surface area (TPSA) is 48.1 Å². The van der Waals surface area contributed by atoms with Gasteiger partial charge in [-0.2, -0.15) is 0 Å². The van der Waals surface area contributed by atoms with Crippen LogP contribution in [0.3, 0.4) is 0 Å². The van der Waals surface area contributed by atoms with Gasteiger partial charge in [-0.3, -0.25) is 0 Å². The molecule has 0 unspecified atom stereocenters. The van der Waals surface area contributed by atoms with Gasteiger partial charge in [-0.25, -0.2) is 0 Å². The highest BCUT2D eigenvalue weighted by Gasteiger charge is 2.33. The molecule has 128 valence electrons. The standard InChI is InChI=1S/C14H40N4Si3/c1-9-15-21(16-10-2,17-11-13-19(3,4)5)18-12-14-20(6,7)8/h15-18H,9-14H2,1-8H3. The first-order chi connectivity index (χ1) is 9.54. The molecule has 0 heterocycles. The van der Waals surface area contributed by atoms with Gasteiger partial charge in [-0.1, -0.05) is 53.1 Å². The predicted molar refractivity (Wildman–Crippen MR) is 105 cm³/mol. The number of hydrogen-bond acceptors (Lipinski definition) is 4. The van der Waals surface area contributed by atoms with Crippen LogP contribution in [0.2, 0.25) is 51.4 Å². The van der Waals surface area contributed by atoms with Crippen molar-refractivity contribution >= 4 is 24.9 Å². The minimum absolute atomic E-state index is 0.981. The van der Waals surface area contributed by atoms with Gasteiger partial charge < -0.3 is 19.9 Å². The fourth-order valence-corrected chi connectivity index (χ4v) is 7.22. The predicted octanol–water partition coefficient (Wildman–Crippen LogP) is 2.50. The first-order valence-corrected chi connectivity index (χ1v) is 17.9. The molecule has 0 amide bonds. The van der Waals surface area contributed by atoms with E-state index in [4.69, 9.17) is 0 Å². The van der Waals surface area contributed by atoms with E-state index in [9.17, 15) is 0 Å². The third-order valence-electron chi connectivity index (χ3n) is 3.41. The molecule has 0 bridgehead atoms. The Morgan fingerprint density at radius 2 is 0.905 bits per heavy atom. The molecule has 0 aromatic carbocycles. The van der Waals surface area contributed by atoms with Gasteiger partial charge in [0.05, 0.1) is 0 Å². The van der Waals surface area contributed by atoms with Crippen LogP contribution < -0.4 is 19.9 Å². The Morgan fingerprint density at radius 3 is 1.14 bits per heavy atom. The summed E-state index contributed by atoms with van der Waals surface area (Å²) in [5, 5.41) is 0. The molecule has 0 saturated heterocycles. The molecule has 0 aliphatic carbocycles. The van der Waals surface area contributed by atoms with Crippen molar-refractivity contribution in [2.75, 3.05) is 26.2 Å². The van der Waals surface area contributed by atoms with Crippen molar-refractivity contribution in [3.63, 3.8) is 0 Å². The lowest BCUT2D eigenvalue weighted by Crippen LogP contribution is -2.81. The van der Waals surface area contributed by atoms with E-state index in [1.807, 2.05) is 0 Å². The second kappa shape index (κ2) is 9.59. The van der Waals surface area contributed by atoms with Crippen LogP contribution in [-0.4, -0.2) is 51.0 Å². The molecule has 21 heavy (non-hydrogen) atoms. The summed E-state index contributed by atoms with van der Waals surface area (Å²) >= 11 is 0. The minimum Gasteiger partial charge on any atom is -0.301 e. The molecule has 4 N–H and O–H groups in total. The molecule has 0 aromatic heterocycles. The summed E-state index contributed by atoms with van der Waals surface area (Å²) in [7, 11) is -3.91. The lowest BCUT2D eigenvalue weighted by molar-refractivity contribution is 0.706. The summed E-state index contributed by atoms with van der Waals surface area (Å²) in [6.45, 7) is 23.3. The fraction of sp³-hybridized carbons (Fsp3) is 1.00. The normalized spacial score (nSPS) is 13.7. The molecule has 0 radical (unpaired) electrons. The smallest absolute Gasteiger partial charge is 0.301 e. The van der Waals surface area contributed by atoms with Crippen LogP contribution in [0.5, 0.6) is 0 Å². The number of rotatable bonds is 12. The summed E-state index contributed by atoms with van der Waals surface area (Å²) in [6, 6.07) is 2.66. The molecule has 0 atom stereocenters. The first kappa shape index (κ1) is 21.5. The van der Waals surface area contributed by atoms with Crippen molar-refractivity contribution in [3.05, 3.63) is 0 Å². The van der Waals surface area contributed by atoms with Crippen molar-refractivity contribution in [2.24, 2.45) is 0 Å². The van der Waals surface area contributed by atoms with Crippen molar-refractivity contribution in [1.29, 1.82) is 0 Å². The molecule has 0 aromatic rings. The van der Waals surface area contributed by atoms with Crippen LogP contribution in [0, 0.1) is 0 Å². The molecule has 0 spiro atoms. The van der Waals surface area contributed by atoms with E-state index >= 15 is 0 Å². The van der Waals surface area contributed by atoms with Crippen LogP contribution in [0.25, 0.3) is 0 Å². The van der Waals surface area contributed by atoms with Gasteiger partial charge in [-0.15, -0.1) is 0 Å². The summed E-state index contributed by atoms with van der Waals surface area (Å²) in [6.07, 6.45) is 0. The average Bonchev–Trinajstić information content (AvgIpc) is 2.26. The Morgan fingerprint density at radius 1 is 0.571 bits per heavy atom. The van der Waals surface area contributed by atoms with Gasteiger partial charge in [0.1, 0.15) is 0 Å². The van der Waals surface area contributed by atoms with E-state index in [1.54, 1.807) is 0 Å². The third kappa shape index (κ3) is 11.7. The minimum atomic E-state index is -1.95. The van der Waals surface area contributed by atoms with E-state index < -0.39 is 24.9 Å². The lowest BCUT2D eigenvalue weighted by Gasteiger charge is -2.35. The SMILES string of the molecule is CCN[Si](NCC)(NCC[Si](C)(C)C)NCC[Si](C)(C)C. The van der Waals surface area contributed by atoms with Crippen LogP contribution in [-0.2, 0) is 0 Å². The van der Waals surface area contributed by atoms with Crippen LogP contribution in [0.15, 0.2) is 0 Å². The van der Waals surface area contributed by atoms with Crippen LogP contribution in [0.1, 0.15) is 13.8 Å². The Labute approximate surface area is 136 Å². The second-order valence-electron chi connectivity index (χ2n) is 8.29. The third-order valence-corrected chi connectivity index (χ3v) is 10.2. The molecule has 0 aliphatic rings. The highest BCUT2D eigenvalue weighted by molar-refractivity contribution is 6.77. The lowest BCUT2D eigenvalue weighted by atomic mass is 10.8. The molecule has 0 saturated carbocycles. The van der Waals surface area contributed by atoms with Crippen molar-refractivity contribution < 1.29 is 0 Å². The molecule has 7 heteroatoms. The first-order valence-electron chi connectivity index (χ1n) is 8.54. The van der Waals surface area contributed by atoms with Crippen LogP contribution in [0.4, 0.5) is 0 Å². The van der Waals surface area contributed by atoms with E-state index in [-0.39, 0.29) is 0 Å². The van der Waals surface area contributed by atoms with Gasteiger partial charge in [-0.05, 0) is 38.3 Å². The Balaban J connectivity index is 4.57. The molecular formula is C14H40N4Si3. The van der Waals surface area contributed by atoms with Crippen LogP contribution >= 0.6 is 0 Å². The highest BCUT2D eigenvalue weighted by Crippen LogP contribution is 2.08. The van der Waals surface area contributed by atoms with E-state index in [2.05, 4.69) is 73.1 Å². The van der Waals surface area contributed by atoms with Gasteiger partial charge in [0, 0.05) is 16.1 Å². The van der Waals surface area contributed by atoms with Gasteiger partial charge in [0.25, 0.3) is 0 Å². The van der Waals surface area contributed by atoms with E-state index in [0.717, 1.165) is 26.2 Å². The number of nitrogens with one attached hydrogen (secondary N) is 4. The van der Waals surface area contributed by atoms with Gasteiger partial charge in [0.2, 0.25) is 0 Å². The van der Waals surface area contributed by atoms with Crippen molar-refractivity contribution in [3.8, 4) is 0 Å². The Hall–Kier alpha value is 0.491. The molecule has 4 nitrogen and oxygen atoms in total. The molecule has 0 rings (SSSR count). The monoisotopic (exact) mass is 348 g/mol. The summed E-state index contributed by atoms with van der Waals surface area (Å²) in [5.74, 6) is 0. The van der Waals surface area contributed by atoms with Crippen molar-refractivity contribution in [2.45, 2.75) is 65.2 Å². The van der Waals surface area contributed by atoms with Gasteiger partial charge >= 0.3 is 8.72 Å². The zero-order valence-electron chi connectivity index (χ0n) is 15.7. The summed E-state index contributed by atoms with van der Waals surface area (Å²) in [4.78, 5) is 15.1. The quantitative estimate of drug-likeness (QED) is 0.409. The summed E-state index contributed by atoms with van der Waals surface area (Å²) < 4.78 is 0. The molecule has 0 aliphatic heterocycles. The van der Waals surface area contributed by atoms with E-state index in [1.165, 1.54) is 12.1 Å². The largest absolute Gasteiger partial charge is 0.365 e. The zero-order valence-corrected chi connectivity index (χ0v) is 18.7. The fourth-order valence-electron chi connectivity index (χ4n) is 2.16. The number of hydrogen-bond donors (Lipinski definition) is 4. The maximum Gasteiger partial charge on any atom is 0.365 e. The molecular weight excluding hydrogens is 308 g/mol. The summed E-state index contributed by atoms with van der Waals surface area (Å²) in [5.41, 5.74) is 0. The van der Waals surface area contributed by atoms with Crippen molar-refractivity contribution in [1.82, 2.24) is 19.9 Å². The maximum absolute atomic E-state index is 3.83.